The molecule has 0 atom stereocenters. The Kier molecular flexibility index (Phi) is 1.86. The van der Waals surface area contributed by atoms with Gasteiger partial charge in [0.05, 0.1) is 13.0 Å². The molecule has 0 aliphatic carbocycles. The summed E-state index contributed by atoms with van der Waals surface area (Å²) < 4.78 is 10.4. The third kappa shape index (κ3) is 1.32. The highest BCUT2D eigenvalue weighted by atomic mass is 16.7. The highest BCUT2D eigenvalue weighted by Gasteiger charge is 2.29. The lowest BCUT2D eigenvalue weighted by Gasteiger charge is -2.14. The molecule has 82 valence electrons. The molecular weight excluding hydrogens is 210 g/mol. The number of fused-ring (bicyclic) bond motifs is 1. The molecule has 3 rings (SSSR count). The largest absolute Gasteiger partial charge is 0.454 e. The van der Waals surface area contributed by atoms with Crippen molar-refractivity contribution in [2.24, 2.45) is 0 Å². The van der Waals surface area contributed by atoms with E-state index in [1.165, 1.54) is 4.90 Å². The first-order chi connectivity index (χ1) is 7.74. The van der Waals surface area contributed by atoms with E-state index >= 15 is 0 Å². The smallest absolute Gasteiger partial charge is 0.234 e. The molecule has 0 N–H and O–H groups in total. The second-order valence-corrected chi connectivity index (χ2v) is 3.73. The number of carbonyl (C=O) groups is 2. The Morgan fingerprint density at radius 2 is 1.94 bits per heavy atom. The molecule has 1 fully saturated rings. The second-order valence-electron chi connectivity index (χ2n) is 3.73. The van der Waals surface area contributed by atoms with E-state index in [1.807, 2.05) is 0 Å². The van der Waals surface area contributed by atoms with Gasteiger partial charge in [-0.25, -0.2) is 0 Å². The van der Waals surface area contributed by atoms with Gasteiger partial charge in [0.1, 0.15) is 0 Å². The van der Waals surface area contributed by atoms with Crippen LogP contribution in [0.4, 0.5) is 5.69 Å². The van der Waals surface area contributed by atoms with Gasteiger partial charge in [-0.05, 0) is 12.1 Å². The number of ketones is 1. The van der Waals surface area contributed by atoms with Crippen molar-refractivity contribution in [3.8, 4) is 11.5 Å². The van der Waals surface area contributed by atoms with Crippen LogP contribution in [0.5, 0.6) is 11.5 Å². The predicted octanol–water partition coefficient (Wildman–Crippen LogP) is 0.721. The summed E-state index contributed by atoms with van der Waals surface area (Å²) >= 11 is 0. The lowest BCUT2D eigenvalue weighted by atomic mass is 10.2. The Morgan fingerprint density at radius 3 is 2.69 bits per heavy atom. The molecule has 2 aliphatic heterocycles. The molecule has 0 radical (unpaired) electrons. The van der Waals surface area contributed by atoms with Gasteiger partial charge < -0.3 is 14.4 Å². The van der Waals surface area contributed by atoms with Crippen molar-refractivity contribution in [1.29, 1.82) is 0 Å². The number of hydrogen-bond acceptors (Lipinski definition) is 4. The van der Waals surface area contributed by atoms with Crippen LogP contribution in [0.1, 0.15) is 6.42 Å². The minimum absolute atomic E-state index is 0.00551. The van der Waals surface area contributed by atoms with Crippen molar-refractivity contribution < 1.29 is 19.1 Å². The minimum atomic E-state index is -0.163. The molecule has 0 saturated carbocycles. The van der Waals surface area contributed by atoms with Crippen LogP contribution in [0, 0.1) is 0 Å². The van der Waals surface area contributed by atoms with Crippen molar-refractivity contribution in [3.63, 3.8) is 0 Å². The first kappa shape index (κ1) is 9.21. The highest BCUT2D eigenvalue weighted by molar-refractivity contribution is 6.15. The highest BCUT2D eigenvalue weighted by Crippen LogP contribution is 2.36. The molecule has 2 heterocycles. The maximum absolute atomic E-state index is 11.5. The van der Waals surface area contributed by atoms with Crippen molar-refractivity contribution in [2.75, 3.05) is 18.2 Å². The fourth-order valence-electron chi connectivity index (χ4n) is 1.87. The summed E-state index contributed by atoms with van der Waals surface area (Å²) in [5.74, 6) is 1.07. The molecule has 5 nitrogen and oxygen atoms in total. The van der Waals surface area contributed by atoms with E-state index in [9.17, 15) is 9.59 Å². The summed E-state index contributed by atoms with van der Waals surface area (Å²) in [5.41, 5.74) is 0.681. The molecule has 0 aromatic heterocycles. The van der Waals surface area contributed by atoms with Crippen LogP contribution in [0.15, 0.2) is 18.2 Å². The van der Waals surface area contributed by atoms with Crippen LogP contribution in [0.3, 0.4) is 0 Å². The first-order valence-corrected chi connectivity index (χ1v) is 4.96. The second kappa shape index (κ2) is 3.23. The average Bonchev–Trinajstić information content (AvgIpc) is 2.83. The Labute approximate surface area is 91.6 Å². The lowest BCUT2D eigenvalue weighted by molar-refractivity contribution is -0.121. The first-order valence-electron chi connectivity index (χ1n) is 4.96. The molecule has 2 aliphatic rings. The third-order valence-electron chi connectivity index (χ3n) is 2.65. The van der Waals surface area contributed by atoms with E-state index in [4.69, 9.17) is 9.47 Å². The number of anilines is 1. The van der Waals surface area contributed by atoms with Crippen molar-refractivity contribution >= 4 is 17.4 Å². The Balaban J connectivity index is 1.95. The van der Waals surface area contributed by atoms with Crippen LogP contribution >= 0.6 is 0 Å². The zero-order chi connectivity index (χ0) is 11.1. The Morgan fingerprint density at radius 1 is 1.12 bits per heavy atom. The number of Topliss-reactive ketones (excluding diaryl/α,β-unsaturated/α-hetero) is 1. The number of benzene rings is 1. The standard InChI is InChI=1S/C11H9NO4/c13-8-4-11(14)12(5-8)7-1-2-9-10(3-7)16-6-15-9/h1-3H,4-6H2. The lowest BCUT2D eigenvalue weighted by Crippen LogP contribution is -2.24. The van der Waals surface area contributed by atoms with Gasteiger partial charge >= 0.3 is 0 Å². The number of nitrogens with zero attached hydrogens (tertiary/aromatic N) is 1. The number of hydrogen-bond donors (Lipinski definition) is 0. The summed E-state index contributed by atoms with van der Waals surface area (Å²) in [6, 6.07) is 5.22. The van der Waals surface area contributed by atoms with Crippen LogP contribution in [-0.2, 0) is 9.59 Å². The van der Waals surface area contributed by atoms with E-state index in [0.29, 0.717) is 17.2 Å². The fraction of sp³-hybridized carbons (Fsp3) is 0.273. The van der Waals surface area contributed by atoms with Crippen molar-refractivity contribution in [3.05, 3.63) is 18.2 Å². The predicted molar refractivity (Wildman–Crippen MR) is 54.5 cm³/mol. The van der Waals surface area contributed by atoms with Crippen LogP contribution < -0.4 is 14.4 Å². The summed E-state index contributed by atoms with van der Waals surface area (Å²) in [6.07, 6.45) is -0.00551. The molecule has 0 spiro atoms. The van der Waals surface area contributed by atoms with E-state index in [1.54, 1.807) is 18.2 Å². The van der Waals surface area contributed by atoms with E-state index in [0.717, 1.165) is 0 Å². The molecule has 5 heteroatoms. The molecule has 1 amide bonds. The van der Waals surface area contributed by atoms with Gasteiger partial charge in [-0.15, -0.1) is 0 Å². The molecule has 16 heavy (non-hydrogen) atoms. The molecule has 1 saturated heterocycles. The number of rotatable bonds is 1. The zero-order valence-electron chi connectivity index (χ0n) is 8.43. The van der Waals surface area contributed by atoms with Crippen molar-refractivity contribution in [2.45, 2.75) is 6.42 Å². The van der Waals surface area contributed by atoms with E-state index in [-0.39, 0.29) is 31.4 Å². The van der Waals surface area contributed by atoms with Gasteiger partial charge in [0.15, 0.2) is 17.3 Å². The van der Waals surface area contributed by atoms with E-state index in [2.05, 4.69) is 0 Å². The summed E-state index contributed by atoms with van der Waals surface area (Å²) in [4.78, 5) is 24.1. The van der Waals surface area contributed by atoms with Gasteiger partial charge in [-0.3, -0.25) is 9.59 Å². The quantitative estimate of drug-likeness (QED) is 0.653. The normalized spacial score (nSPS) is 18.4. The minimum Gasteiger partial charge on any atom is -0.454 e. The zero-order valence-corrected chi connectivity index (χ0v) is 8.43. The van der Waals surface area contributed by atoms with Gasteiger partial charge in [0.25, 0.3) is 0 Å². The van der Waals surface area contributed by atoms with Gasteiger partial charge in [0, 0.05) is 11.8 Å². The molecule has 1 aromatic rings. The van der Waals surface area contributed by atoms with Crippen LogP contribution in [0.2, 0.25) is 0 Å². The summed E-state index contributed by atoms with van der Waals surface area (Å²) in [7, 11) is 0. The number of amides is 1. The summed E-state index contributed by atoms with van der Waals surface area (Å²) in [6.45, 7) is 0.351. The molecular formula is C11H9NO4. The Hall–Kier alpha value is -2.04. The third-order valence-corrected chi connectivity index (χ3v) is 2.65. The maximum Gasteiger partial charge on any atom is 0.234 e. The molecule has 1 aromatic carbocycles. The number of ether oxygens (including phenoxy) is 2. The molecule has 0 unspecified atom stereocenters. The number of carbonyl (C=O) groups excluding carboxylic acids is 2. The Bertz CT molecular complexity index is 483. The van der Waals surface area contributed by atoms with Crippen LogP contribution in [0.25, 0.3) is 0 Å². The maximum atomic E-state index is 11.5. The average molecular weight is 219 g/mol. The van der Waals surface area contributed by atoms with Gasteiger partial charge in [-0.1, -0.05) is 0 Å². The fourth-order valence-corrected chi connectivity index (χ4v) is 1.87. The van der Waals surface area contributed by atoms with Crippen LogP contribution in [-0.4, -0.2) is 25.0 Å². The van der Waals surface area contributed by atoms with E-state index < -0.39 is 0 Å². The topological polar surface area (TPSA) is 55.8 Å². The van der Waals surface area contributed by atoms with Gasteiger partial charge in [0.2, 0.25) is 12.7 Å². The van der Waals surface area contributed by atoms with Gasteiger partial charge in [-0.2, -0.15) is 0 Å². The van der Waals surface area contributed by atoms with Crippen molar-refractivity contribution in [1.82, 2.24) is 0 Å². The summed E-state index contributed by atoms with van der Waals surface area (Å²) in [5, 5.41) is 0. The SMILES string of the molecule is O=C1CC(=O)N(c2ccc3c(c2)OCO3)C1. The molecule has 0 bridgehead atoms. The monoisotopic (exact) mass is 219 g/mol.